The van der Waals surface area contributed by atoms with Gasteiger partial charge in [0, 0.05) is 13.1 Å². The maximum Gasteiger partial charge on any atom is 0.322 e. The molecule has 1 N–H and O–H groups in total. The molecule has 2 aromatic rings. The quantitative estimate of drug-likeness (QED) is 0.616. The van der Waals surface area contributed by atoms with Gasteiger partial charge in [0.15, 0.2) is 11.5 Å². The van der Waals surface area contributed by atoms with E-state index in [1.54, 1.807) is 6.21 Å². The van der Waals surface area contributed by atoms with Crippen LogP contribution in [0.2, 0.25) is 0 Å². The minimum atomic E-state index is 0.224. The molecule has 4 rings (SSSR count). The van der Waals surface area contributed by atoms with Crippen LogP contribution in [-0.2, 0) is 4.74 Å². The molecule has 0 amide bonds. The third-order valence-corrected chi connectivity index (χ3v) is 3.85. The van der Waals surface area contributed by atoms with Gasteiger partial charge in [-0.3, -0.25) is 0 Å². The van der Waals surface area contributed by atoms with Crippen LogP contribution in [0.25, 0.3) is 0 Å². The van der Waals surface area contributed by atoms with Gasteiger partial charge in [0.25, 0.3) is 5.95 Å². The number of methoxy groups -OCH3 is 1. The van der Waals surface area contributed by atoms with Gasteiger partial charge in [0.2, 0.25) is 12.7 Å². The highest BCUT2D eigenvalue weighted by atomic mass is 16.7. The molecule has 2 aliphatic rings. The summed E-state index contributed by atoms with van der Waals surface area (Å²) < 4.78 is 21.1. The topological polar surface area (TPSA) is 103 Å². The van der Waals surface area contributed by atoms with E-state index in [9.17, 15) is 0 Å². The smallest absolute Gasteiger partial charge is 0.322 e. The number of hydrazone groups is 1. The van der Waals surface area contributed by atoms with Crippen molar-refractivity contribution in [3.8, 4) is 17.5 Å². The molecule has 1 fully saturated rings. The molecule has 0 saturated carbocycles. The second-order valence-corrected chi connectivity index (χ2v) is 5.53. The molecule has 1 saturated heterocycles. The first-order valence-corrected chi connectivity index (χ1v) is 8.13. The van der Waals surface area contributed by atoms with E-state index in [0.29, 0.717) is 43.9 Å². The van der Waals surface area contributed by atoms with Crippen molar-refractivity contribution >= 4 is 18.1 Å². The molecular weight excluding hydrogens is 340 g/mol. The Morgan fingerprint density at radius 1 is 1.15 bits per heavy atom. The summed E-state index contributed by atoms with van der Waals surface area (Å²) in [7, 11) is 1.51. The molecule has 26 heavy (non-hydrogen) atoms. The molecule has 0 bridgehead atoms. The minimum absolute atomic E-state index is 0.224. The number of nitrogens with zero attached hydrogens (tertiary/aromatic N) is 5. The van der Waals surface area contributed by atoms with Gasteiger partial charge in [-0.15, -0.1) is 0 Å². The summed E-state index contributed by atoms with van der Waals surface area (Å²) in [5.41, 5.74) is 3.67. The van der Waals surface area contributed by atoms with Gasteiger partial charge in [-0.05, 0) is 23.8 Å². The summed E-state index contributed by atoms with van der Waals surface area (Å²) >= 11 is 0. The summed E-state index contributed by atoms with van der Waals surface area (Å²) in [4.78, 5) is 14.9. The number of nitrogens with one attached hydrogen (secondary N) is 1. The van der Waals surface area contributed by atoms with Crippen LogP contribution in [-0.4, -0.2) is 61.4 Å². The SMILES string of the molecule is COc1nc(N/N=C/c2ccc3c(c2)OCO3)nc(N2CCOCC2)n1. The number of aromatic nitrogens is 3. The van der Waals surface area contributed by atoms with E-state index in [-0.39, 0.29) is 12.8 Å². The van der Waals surface area contributed by atoms with Crippen LogP contribution in [0.1, 0.15) is 5.56 Å². The second kappa shape index (κ2) is 7.40. The largest absolute Gasteiger partial charge is 0.467 e. The van der Waals surface area contributed by atoms with Crippen molar-refractivity contribution in [3.63, 3.8) is 0 Å². The summed E-state index contributed by atoms with van der Waals surface area (Å²) in [6, 6.07) is 5.79. The summed E-state index contributed by atoms with van der Waals surface area (Å²) in [5, 5.41) is 4.18. The lowest BCUT2D eigenvalue weighted by Gasteiger charge is -2.26. The van der Waals surface area contributed by atoms with Gasteiger partial charge in [-0.2, -0.15) is 20.1 Å². The summed E-state index contributed by atoms with van der Waals surface area (Å²) in [6.07, 6.45) is 1.65. The van der Waals surface area contributed by atoms with Crippen molar-refractivity contribution in [1.29, 1.82) is 0 Å². The Balaban J connectivity index is 1.48. The average molecular weight is 358 g/mol. The maximum absolute atomic E-state index is 5.35. The van der Waals surface area contributed by atoms with Crippen molar-refractivity contribution in [2.75, 3.05) is 50.5 Å². The molecule has 0 radical (unpaired) electrons. The molecule has 0 spiro atoms. The fourth-order valence-electron chi connectivity index (χ4n) is 2.55. The van der Waals surface area contributed by atoms with Crippen LogP contribution < -0.4 is 24.5 Å². The predicted octanol–water partition coefficient (Wildman–Crippen LogP) is 0.891. The van der Waals surface area contributed by atoms with E-state index in [2.05, 4.69) is 25.5 Å². The fraction of sp³-hybridized carbons (Fsp3) is 0.375. The Hall–Kier alpha value is -3.14. The predicted molar refractivity (Wildman–Crippen MR) is 93.2 cm³/mol. The van der Waals surface area contributed by atoms with Crippen LogP contribution >= 0.6 is 0 Å². The second-order valence-electron chi connectivity index (χ2n) is 5.53. The zero-order valence-corrected chi connectivity index (χ0v) is 14.2. The van der Waals surface area contributed by atoms with Crippen molar-refractivity contribution in [1.82, 2.24) is 15.0 Å². The van der Waals surface area contributed by atoms with E-state index in [1.165, 1.54) is 7.11 Å². The molecule has 10 heteroatoms. The lowest BCUT2D eigenvalue weighted by atomic mass is 10.2. The molecule has 2 aliphatic heterocycles. The van der Waals surface area contributed by atoms with Gasteiger partial charge < -0.3 is 23.8 Å². The lowest BCUT2D eigenvalue weighted by molar-refractivity contribution is 0.122. The van der Waals surface area contributed by atoms with Gasteiger partial charge in [0.05, 0.1) is 26.5 Å². The molecule has 0 aliphatic carbocycles. The minimum Gasteiger partial charge on any atom is -0.467 e. The molecule has 1 aromatic carbocycles. The average Bonchev–Trinajstić information content (AvgIpc) is 3.16. The number of benzene rings is 1. The van der Waals surface area contributed by atoms with E-state index >= 15 is 0 Å². The van der Waals surface area contributed by atoms with Crippen LogP contribution in [0.4, 0.5) is 11.9 Å². The zero-order valence-electron chi connectivity index (χ0n) is 14.2. The van der Waals surface area contributed by atoms with Crippen LogP contribution in [0.3, 0.4) is 0 Å². The van der Waals surface area contributed by atoms with Crippen LogP contribution in [0, 0.1) is 0 Å². The standard InChI is InChI=1S/C16H18N6O4/c1-23-16-19-14(18-15(20-16)22-4-6-24-7-5-22)21-17-9-11-2-3-12-13(8-11)26-10-25-12/h2-3,8-9H,4-7,10H2,1H3,(H,18,19,20,21)/b17-9+. The first kappa shape index (κ1) is 16.3. The highest BCUT2D eigenvalue weighted by molar-refractivity contribution is 5.81. The number of ether oxygens (including phenoxy) is 4. The van der Waals surface area contributed by atoms with E-state index in [1.807, 2.05) is 23.1 Å². The lowest BCUT2D eigenvalue weighted by Crippen LogP contribution is -2.37. The molecule has 136 valence electrons. The number of hydrogen-bond acceptors (Lipinski definition) is 10. The molecule has 0 atom stereocenters. The molecule has 10 nitrogen and oxygen atoms in total. The number of anilines is 2. The first-order valence-electron chi connectivity index (χ1n) is 8.13. The summed E-state index contributed by atoms with van der Waals surface area (Å²) in [6.45, 7) is 2.95. The van der Waals surface area contributed by atoms with Crippen LogP contribution in [0.5, 0.6) is 17.5 Å². The normalized spacial score (nSPS) is 16.1. The number of morpholine rings is 1. The molecular formula is C16H18N6O4. The van der Waals surface area contributed by atoms with E-state index in [4.69, 9.17) is 18.9 Å². The van der Waals surface area contributed by atoms with E-state index in [0.717, 1.165) is 11.3 Å². The van der Waals surface area contributed by atoms with Crippen LogP contribution in [0.15, 0.2) is 23.3 Å². The Labute approximate surface area is 149 Å². The van der Waals surface area contributed by atoms with Gasteiger partial charge in [0.1, 0.15) is 0 Å². The highest BCUT2D eigenvalue weighted by Crippen LogP contribution is 2.32. The van der Waals surface area contributed by atoms with Crippen molar-refractivity contribution in [2.45, 2.75) is 0 Å². The zero-order chi connectivity index (χ0) is 17.8. The van der Waals surface area contributed by atoms with E-state index < -0.39 is 0 Å². The number of fused-ring (bicyclic) bond motifs is 1. The summed E-state index contributed by atoms with van der Waals surface area (Å²) in [5.74, 6) is 2.26. The Bertz CT molecular complexity index is 809. The Morgan fingerprint density at radius 3 is 2.85 bits per heavy atom. The third kappa shape index (κ3) is 3.59. The van der Waals surface area contributed by atoms with Crippen molar-refractivity contribution in [3.05, 3.63) is 23.8 Å². The fourth-order valence-corrected chi connectivity index (χ4v) is 2.55. The Morgan fingerprint density at radius 2 is 2.00 bits per heavy atom. The van der Waals surface area contributed by atoms with Gasteiger partial charge in [-0.1, -0.05) is 0 Å². The highest BCUT2D eigenvalue weighted by Gasteiger charge is 2.17. The van der Waals surface area contributed by atoms with Crippen molar-refractivity contribution in [2.24, 2.45) is 5.10 Å². The first-order chi connectivity index (χ1) is 12.8. The molecule has 3 heterocycles. The van der Waals surface area contributed by atoms with Crippen molar-refractivity contribution < 1.29 is 18.9 Å². The third-order valence-electron chi connectivity index (χ3n) is 3.85. The Kier molecular flexibility index (Phi) is 4.65. The van der Waals surface area contributed by atoms with Gasteiger partial charge in [-0.25, -0.2) is 5.43 Å². The number of rotatable bonds is 5. The molecule has 0 unspecified atom stereocenters. The molecule has 1 aromatic heterocycles. The maximum atomic E-state index is 5.35. The monoisotopic (exact) mass is 358 g/mol. The van der Waals surface area contributed by atoms with Gasteiger partial charge >= 0.3 is 6.01 Å². The number of hydrogen-bond donors (Lipinski definition) is 1.